The highest BCUT2D eigenvalue weighted by molar-refractivity contribution is 7.09. The number of thiazole rings is 1. The number of carbonyl (C=O) groups is 2. The Bertz CT molecular complexity index is 516. The van der Waals surface area contributed by atoms with Crippen LogP contribution in [0.3, 0.4) is 0 Å². The van der Waals surface area contributed by atoms with Gasteiger partial charge in [0.15, 0.2) is 5.69 Å². The average molecular weight is 294 g/mol. The minimum Gasteiger partial charge on any atom is -0.476 e. The predicted octanol–water partition coefficient (Wildman–Crippen LogP) is 1.94. The molecule has 0 aliphatic heterocycles. The molecule has 20 heavy (non-hydrogen) atoms. The lowest BCUT2D eigenvalue weighted by atomic mass is 10.0. The van der Waals surface area contributed by atoms with Crippen LogP contribution in [0.25, 0.3) is 0 Å². The topological polar surface area (TPSA) is 79.3 Å². The van der Waals surface area contributed by atoms with Crippen LogP contribution in [0.4, 0.5) is 0 Å². The van der Waals surface area contributed by atoms with Gasteiger partial charge in [-0.25, -0.2) is 9.78 Å². The molecule has 1 amide bonds. The summed E-state index contributed by atoms with van der Waals surface area (Å²) >= 11 is 1.33. The summed E-state index contributed by atoms with van der Waals surface area (Å²) < 4.78 is 0. The molecule has 2 N–H and O–H groups in total. The van der Waals surface area contributed by atoms with E-state index < -0.39 is 5.97 Å². The summed E-state index contributed by atoms with van der Waals surface area (Å²) in [5, 5.41) is 14.1. The highest BCUT2D eigenvalue weighted by Gasteiger charge is 2.54. The van der Waals surface area contributed by atoms with Gasteiger partial charge in [0.25, 0.3) is 0 Å². The van der Waals surface area contributed by atoms with Gasteiger partial charge in [0.05, 0.1) is 5.01 Å². The van der Waals surface area contributed by atoms with E-state index >= 15 is 0 Å². The van der Waals surface area contributed by atoms with Crippen molar-refractivity contribution >= 4 is 23.2 Å². The number of fused-ring (bicyclic) bond motifs is 1. The predicted molar refractivity (Wildman–Crippen MR) is 74.7 cm³/mol. The van der Waals surface area contributed by atoms with Gasteiger partial charge in [-0.1, -0.05) is 12.8 Å². The van der Waals surface area contributed by atoms with Crippen molar-refractivity contribution in [2.24, 2.45) is 17.8 Å². The third-order valence-corrected chi connectivity index (χ3v) is 5.28. The first-order valence-electron chi connectivity index (χ1n) is 7.12. The molecule has 108 valence electrons. The zero-order chi connectivity index (χ0) is 14.1. The van der Waals surface area contributed by atoms with Gasteiger partial charge in [0.2, 0.25) is 5.91 Å². The van der Waals surface area contributed by atoms with Gasteiger partial charge in [0, 0.05) is 24.3 Å². The molecule has 0 bridgehead atoms. The zero-order valence-electron chi connectivity index (χ0n) is 11.2. The van der Waals surface area contributed by atoms with Crippen molar-refractivity contribution in [3.8, 4) is 0 Å². The molecule has 2 saturated carbocycles. The number of amides is 1. The summed E-state index contributed by atoms with van der Waals surface area (Å²) in [4.78, 5) is 26.8. The van der Waals surface area contributed by atoms with Crippen molar-refractivity contribution in [3.05, 3.63) is 16.1 Å². The van der Waals surface area contributed by atoms with Crippen LogP contribution < -0.4 is 5.32 Å². The van der Waals surface area contributed by atoms with E-state index in [-0.39, 0.29) is 17.5 Å². The molecule has 2 unspecified atom stereocenters. The van der Waals surface area contributed by atoms with Crippen LogP contribution in [0.5, 0.6) is 0 Å². The Kier molecular flexibility index (Phi) is 3.74. The molecule has 1 aromatic rings. The molecule has 3 rings (SSSR count). The Morgan fingerprint density at radius 1 is 1.35 bits per heavy atom. The molecule has 2 aliphatic rings. The van der Waals surface area contributed by atoms with E-state index in [1.807, 2.05) is 0 Å². The van der Waals surface area contributed by atoms with Crippen LogP contribution in [0.2, 0.25) is 0 Å². The first-order valence-corrected chi connectivity index (χ1v) is 8.00. The third-order valence-electron chi connectivity index (χ3n) is 4.37. The molecule has 2 aliphatic carbocycles. The lowest BCUT2D eigenvalue weighted by molar-refractivity contribution is -0.122. The fraction of sp³-hybridized carbons (Fsp3) is 0.643. The summed E-state index contributed by atoms with van der Waals surface area (Å²) in [6.07, 6.45) is 5.55. The first kappa shape index (κ1) is 13.5. The minimum atomic E-state index is -1.00. The molecular weight excluding hydrogens is 276 g/mol. The Morgan fingerprint density at radius 3 is 2.65 bits per heavy atom. The number of hydrogen-bond donors (Lipinski definition) is 2. The van der Waals surface area contributed by atoms with Crippen molar-refractivity contribution in [3.63, 3.8) is 0 Å². The van der Waals surface area contributed by atoms with E-state index in [0.29, 0.717) is 24.8 Å². The summed E-state index contributed by atoms with van der Waals surface area (Å²) in [6, 6.07) is 0. The lowest BCUT2D eigenvalue weighted by Gasteiger charge is -2.04. The van der Waals surface area contributed by atoms with E-state index in [4.69, 9.17) is 5.11 Å². The van der Waals surface area contributed by atoms with Gasteiger partial charge in [-0.15, -0.1) is 11.3 Å². The second-order valence-corrected chi connectivity index (χ2v) is 6.55. The summed E-state index contributed by atoms with van der Waals surface area (Å²) in [5.74, 6) is 0.670. The molecular formula is C14H18N2O3S. The molecule has 2 atom stereocenters. The number of aromatic carboxylic acids is 1. The van der Waals surface area contributed by atoms with Crippen molar-refractivity contribution in [1.82, 2.24) is 10.3 Å². The average Bonchev–Trinajstić information content (AvgIpc) is 2.97. The molecule has 0 saturated heterocycles. The number of carbonyl (C=O) groups excluding carboxylic acids is 1. The fourth-order valence-electron chi connectivity index (χ4n) is 3.32. The van der Waals surface area contributed by atoms with Gasteiger partial charge in [0.1, 0.15) is 0 Å². The van der Waals surface area contributed by atoms with Gasteiger partial charge < -0.3 is 10.4 Å². The van der Waals surface area contributed by atoms with E-state index in [2.05, 4.69) is 10.3 Å². The maximum absolute atomic E-state index is 12.1. The number of carboxylic acid groups (broad SMARTS) is 1. The van der Waals surface area contributed by atoms with Crippen molar-refractivity contribution < 1.29 is 14.7 Å². The minimum absolute atomic E-state index is 0.0875. The number of nitrogens with one attached hydrogen (secondary N) is 1. The van der Waals surface area contributed by atoms with E-state index in [1.54, 1.807) is 0 Å². The Balaban J connectivity index is 1.43. The summed E-state index contributed by atoms with van der Waals surface area (Å²) in [5.41, 5.74) is 0.0875. The van der Waals surface area contributed by atoms with Crippen LogP contribution >= 0.6 is 11.3 Å². The SMILES string of the molecule is O=C(O)c1csc(CCNC(=O)C2C3CCCCC32)n1. The highest BCUT2D eigenvalue weighted by Crippen LogP contribution is 2.55. The number of aromatic nitrogens is 1. The van der Waals surface area contributed by atoms with Crippen LogP contribution in [0, 0.1) is 17.8 Å². The molecule has 5 nitrogen and oxygen atoms in total. The monoisotopic (exact) mass is 294 g/mol. The van der Waals surface area contributed by atoms with Crippen molar-refractivity contribution in [1.29, 1.82) is 0 Å². The Morgan fingerprint density at radius 2 is 2.05 bits per heavy atom. The quantitative estimate of drug-likeness (QED) is 0.869. The molecule has 2 fully saturated rings. The van der Waals surface area contributed by atoms with Gasteiger partial charge in [-0.2, -0.15) is 0 Å². The molecule has 1 aromatic heterocycles. The normalized spacial score (nSPS) is 27.7. The molecule has 0 radical (unpaired) electrons. The second-order valence-electron chi connectivity index (χ2n) is 5.61. The van der Waals surface area contributed by atoms with Crippen molar-refractivity contribution in [2.75, 3.05) is 6.54 Å². The number of hydrogen-bond acceptors (Lipinski definition) is 4. The summed E-state index contributed by atoms with van der Waals surface area (Å²) in [7, 11) is 0. The highest BCUT2D eigenvalue weighted by atomic mass is 32.1. The maximum atomic E-state index is 12.1. The summed E-state index contributed by atoms with van der Waals surface area (Å²) in [6.45, 7) is 0.543. The zero-order valence-corrected chi connectivity index (χ0v) is 12.0. The van der Waals surface area contributed by atoms with Crippen molar-refractivity contribution in [2.45, 2.75) is 32.1 Å². The van der Waals surface area contributed by atoms with Gasteiger partial charge >= 0.3 is 5.97 Å². The lowest BCUT2D eigenvalue weighted by Crippen LogP contribution is -2.28. The number of rotatable bonds is 5. The van der Waals surface area contributed by atoms with Gasteiger partial charge in [-0.3, -0.25) is 4.79 Å². The second kappa shape index (κ2) is 5.52. The number of nitrogens with zero attached hydrogens (tertiary/aromatic N) is 1. The van der Waals surface area contributed by atoms with E-state index in [0.717, 1.165) is 5.01 Å². The maximum Gasteiger partial charge on any atom is 0.355 e. The van der Waals surface area contributed by atoms with Crippen LogP contribution in [-0.2, 0) is 11.2 Å². The van der Waals surface area contributed by atoms with Crippen LogP contribution in [-0.4, -0.2) is 28.5 Å². The number of carboxylic acids is 1. The molecule has 6 heteroatoms. The smallest absolute Gasteiger partial charge is 0.355 e. The largest absolute Gasteiger partial charge is 0.476 e. The van der Waals surface area contributed by atoms with Crippen LogP contribution in [0.1, 0.15) is 41.2 Å². The third kappa shape index (κ3) is 2.70. The Hall–Kier alpha value is -1.43. The Labute approximate surface area is 121 Å². The van der Waals surface area contributed by atoms with E-state index in [1.165, 1.54) is 42.4 Å². The molecule has 1 heterocycles. The molecule has 0 aromatic carbocycles. The first-order chi connectivity index (χ1) is 9.66. The standard InChI is InChI=1S/C14H18N2O3S/c17-13(12-8-3-1-2-4-9(8)12)15-6-5-11-16-10(7-20-11)14(18)19/h7-9,12H,1-6H2,(H,15,17)(H,18,19). The van der Waals surface area contributed by atoms with E-state index in [9.17, 15) is 9.59 Å². The molecule has 0 spiro atoms. The fourth-order valence-corrected chi connectivity index (χ4v) is 4.09. The van der Waals surface area contributed by atoms with Crippen LogP contribution in [0.15, 0.2) is 5.38 Å². The van der Waals surface area contributed by atoms with Gasteiger partial charge in [-0.05, 0) is 24.7 Å².